The van der Waals surface area contributed by atoms with Crippen LogP contribution in [0.25, 0.3) is 0 Å². The van der Waals surface area contributed by atoms with Crippen molar-refractivity contribution in [3.63, 3.8) is 0 Å². The molecular formula is C19H39FSb. The fourth-order valence-electron chi connectivity index (χ4n) is 2.90. The molecule has 0 aromatic carbocycles. The van der Waals surface area contributed by atoms with Gasteiger partial charge in [-0.25, -0.2) is 0 Å². The third kappa shape index (κ3) is 20.7. The molecule has 1 radical (unpaired) electrons. The number of rotatable bonds is 18. The third-order valence-corrected chi connectivity index (χ3v) is 5.73. The monoisotopic (exact) mass is 407 g/mol. The van der Waals surface area contributed by atoms with Gasteiger partial charge in [-0.05, 0) is 0 Å². The van der Waals surface area contributed by atoms with E-state index in [1.54, 1.807) is 0 Å². The molecule has 0 spiro atoms. The van der Waals surface area contributed by atoms with Crippen LogP contribution in [0.1, 0.15) is 116 Å². The molecule has 127 valence electrons. The Bertz CT molecular complexity index is 155. The van der Waals surface area contributed by atoms with Gasteiger partial charge in [0.2, 0.25) is 0 Å². The van der Waals surface area contributed by atoms with Gasteiger partial charge in [-0.1, -0.05) is 45.4 Å². The number of unbranched alkanes of at least 4 members (excludes halogenated alkanes) is 16. The molecule has 0 nitrogen and oxygen atoms in total. The zero-order valence-corrected chi connectivity index (χ0v) is 17.1. The molecule has 2 heteroatoms. The zero-order chi connectivity index (χ0) is 15.4. The van der Waals surface area contributed by atoms with E-state index in [1.165, 1.54) is 103 Å². The van der Waals surface area contributed by atoms with Gasteiger partial charge in [0.25, 0.3) is 0 Å². The van der Waals surface area contributed by atoms with E-state index in [2.05, 4.69) is 6.92 Å². The average molecular weight is 408 g/mol. The average Bonchev–Trinajstić information content (AvgIpc) is 2.50. The zero-order valence-electron chi connectivity index (χ0n) is 14.6. The number of halogens is 1. The summed E-state index contributed by atoms with van der Waals surface area (Å²) < 4.78 is 13.0. The molecule has 0 saturated heterocycles. The summed E-state index contributed by atoms with van der Waals surface area (Å²) in [4.78, 5) is 0. The van der Waals surface area contributed by atoms with Crippen molar-refractivity contribution in [2.24, 2.45) is 0 Å². The van der Waals surface area contributed by atoms with Gasteiger partial charge in [-0.3, -0.25) is 0 Å². The third-order valence-electron chi connectivity index (χ3n) is 4.35. The number of hydrogen-bond acceptors (Lipinski definition) is 0. The van der Waals surface area contributed by atoms with Gasteiger partial charge in [0, 0.05) is 0 Å². The summed E-state index contributed by atoms with van der Waals surface area (Å²) >= 11 is -1.23. The Kier molecular flexibility index (Phi) is 21.5. The molecule has 0 aromatic heterocycles. The molecule has 0 fully saturated rings. The van der Waals surface area contributed by atoms with Crippen LogP contribution >= 0.6 is 0 Å². The first kappa shape index (κ1) is 21.7. The summed E-state index contributed by atoms with van der Waals surface area (Å²) in [5.74, 6) is 0. The van der Waals surface area contributed by atoms with Crippen molar-refractivity contribution in [1.82, 2.24) is 0 Å². The minimum absolute atomic E-state index is 0.926. The Morgan fingerprint density at radius 2 is 0.762 bits per heavy atom. The maximum atomic E-state index is 12.0. The first-order valence-corrected chi connectivity index (χ1v) is 12.5. The molecule has 0 aliphatic rings. The van der Waals surface area contributed by atoms with Crippen molar-refractivity contribution in [3.05, 3.63) is 0 Å². The predicted octanol–water partition coefficient (Wildman–Crippen LogP) is 7.65. The molecule has 0 rings (SSSR count). The van der Waals surface area contributed by atoms with Crippen LogP contribution in [-0.4, -0.2) is 22.2 Å². The summed E-state index contributed by atoms with van der Waals surface area (Å²) in [6.07, 6.45) is 23.9. The van der Waals surface area contributed by atoms with E-state index in [-0.39, 0.29) is 0 Å². The van der Waals surface area contributed by atoms with Crippen LogP contribution in [0.5, 0.6) is 0 Å². The van der Waals surface area contributed by atoms with E-state index in [4.69, 9.17) is 0 Å². The molecule has 0 bridgehead atoms. The van der Waals surface area contributed by atoms with Crippen LogP contribution < -0.4 is 0 Å². The first-order valence-electron chi connectivity index (χ1n) is 9.69. The topological polar surface area (TPSA) is 0 Å². The van der Waals surface area contributed by atoms with Gasteiger partial charge in [0.15, 0.2) is 0 Å². The molecule has 0 atom stereocenters. The molecule has 0 amide bonds. The van der Waals surface area contributed by atoms with Gasteiger partial charge >= 0.3 is 100 Å². The molecule has 0 aliphatic heterocycles. The Hall–Kier alpha value is 0.748. The van der Waals surface area contributed by atoms with E-state index in [9.17, 15) is 2.81 Å². The molecule has 21 heavy (non-hydrogen) atoms. The summed E-state index contributed by atoms with van der Waals surface area (Å²) in [6.45, 7) is 2.29. The molecule has 0 heterocycles. The second-order valence-corrected chi connectivity index (χ2v) is 8.46. The van der Waals surface area contributed by atoms with Crippen LogP contribution in [0.4, 0.5) is 2.81 Å². The first-order chi connectivity index (χ1) is 10.4. The summed E-state index contributed by atoms with van der Waals surface area (Å²) in [5.41, 5.74) is 0. The molecular weight excluding hydrogens is 369 g/mol. The Labute approximate surface area is 145 Å². The fourth-order valence-corrected chi connectivity index (χ4v) is 3.88. The summed E-state index contributed by atoms with van der Waals surface area (Å²) in [7, 11) is 0. The number of hydrogen-bond donors (Lipinski definition) is 0. The van der Waals surface area contributed by atoms with E-state index in [1.807, 2.05) is 0 Å². The van der Waals surface area contributed by atoms with Crippen molar-refractivity contribution >= 4 is 22.2 Å². The molecule has 0 unspecified atom stereocenters. The molecule has 0 aliphatic carbocycles. The summed E-state index contributed by atoms with van der Waals surface area (Å²) in [5, 5.41) is 0. The van der Waals surface area contributed by atoms with Crippen LogP contribution in [0.15, 0.2) is 0 Å². The van der Waals surface area contributed by atoms with E-state index >= 15 is 0 Å². The van der Waals surface area contributed by atoms with E-state index in [0.717, 1.165) is 10.8 Å². The van der Waals surface area contributed by atoms with Crippen molar-refractivity contribution < 1.29 is 2.81 Å². The van der Waals surface area contributed by atoms with Crippen LogP contribution in [-0.2, 0) is 0 Å². The maximum absolute atomic E-state index is 12.0. The standard InChI is InChI=1S/C19H39.FH.Sb/c1-3-5-7-9-11-13-15-17-19-18-16-14-12-10-8-6-4-2;;/h1,3-19H2,2H3;1H;/q;;+1/p-1. The Morgan fingerprint density at radius 3 is 1.05 bits per heavy atom. The molecule has 0 aromatic rings. The van der Waals surface area contributed by atoms with Crippen molar-refractivity contribution in [3.8, 4) is 0 Å². The van der Waals surface area contributed by atoms with Crippen molar-refractivity contribution in [2.75, 3.05) is 0 Å². The van der Waals surface area contributed by atoms with Crippen molar-refractivity contribution in [1.29, 1.82) is 0 Å². The van der Waals surface area contributed by atoms with E-state index in [0.29, 0.717) is 0 Å². The Morgan fingerprint density at radius 1 is 0.476 bits per heavy atom. The van der Waals surface area contributed by atoms with Gasteiger partial charge in [-0.15, -0.1) is 0 Å². The SMILES string of the molecule is CCCCCCCCCCCCCCCCCC[CH2][Sb][F]. The second-order valence-electron chi connectivity index (χ2n) is 6.50. The predicted molar refractivity (Wildman–Crippen MR) is 95.8 cm³/mol. The van der Waals surface area contributed by atoms with Crippen molar-refractivity contribution in [2.45, 2.75) is 120 Å². The van der Waals surface area contributed by atoms with Gasteiger partial charge < -0.3 is 0 Å². The summed E-state index contributed by atoms with van der Waals surface area (Å²) in [6, 6.07) is 0. The minimum atomic E-state index is -1.23. The fraction of sp³-hybridized carbons (Fsp3) is 1.00. The van der Waals surface area contributed by atoms with Crippen LogP contribution in [0.2, 0.25) is 4.37 Å². The van der Waals surface area contributed by atoms with Crippen LogP contribution in [0, 0.1) is 0 Å². The second kappa shape index (κ2) is 20.7. The molecule has 0 saturated carbocycles. The quantitative estimate of drug-likeness (QED) is 0.161. The normalized spacial score (nSPS) is 11.1. The Balaban J connectivity index is 2.90. The van der Waals surface area contributed by atoms with Gasteiger partial charge in [0.1, 0.15) is 0 Å². The van der Waals surface area contributed by atoms with Gasteiger partial charge in [0.05, 0.1) is 0 Å². The van der Waals surface area contributed by atoms with E-state index < -0.39 is 22.2 Å². The molecule has 0 N–H and O–H groups in total. The van der Waals surface area contributed by atoms with Gasteiger partial charge in [-0.2, -0.15) is 0 Å². The van der Waals surface area contributed by atoms with Crippen LogP contribution in [0.3, 0.4) is 0 Å².